The third-order valence-electron chi connectivity index (χ3n) is 2.29. The predicted molar refractivity (Wildman–Crippen MR) is 66.3 cm³/mol. The number of amides is 1. The molecule has 0 aliphatic rings. The maximum atomic E-state index is 12.0. The summed E-state index contributed by atoms with van der Waals surface area (Å²) < 4.78 is 41.4. The van der Waals surface area contributed by atoms with Gasteiger partial charge in [-0.2, -0.15) is 4.99 Å². The van der Waals surface area contributed by atoms with Gasteiger partial charge in [-0.15, -0.1) is 24.5 Å². The smallest absolute Gasteiger partial charge is 0.406 e. The van der Waals surface area contributed by atoms with Gasteiger partial charge in [0.25, 0.3) is 5.91 Å². The molecule has 0 aliphatic heterocycles. The lowest BCUT2D eigenvalue weighted by Crippen LogP contribution is -2.17. The van der Waals surface area contributed by atoms with Crippen LogP contribution in [0, 0.1) is 0 Å². The van der Waals surface area contributed by atoms with Crippen LogP contribution < -0.4 is 9.54 Å². The first-order valence-corrected chi connectivity index (χ1v) is 6.28. The van der Waals surface area contributed by atoms with E-state index in [4.69, 9.17) is 0 Å². The van der Waals surface area contributed by atoms with Gasteiger partial charge in [0.05, 0.1) is 0 Å². The van der Waals surface area contributed by atoms with E-state index >= 15 is 0 Å². The fourth-order valence-electron chi connectivity index (χ4n) is 1.39. The summed E-state index contributed by atoms with van der Waals surface area (Å²) in [4.78, 5) is 16.2. The van der Waals surface area contributed by atoms with Gasteiger partial charge in [0.2, 0.25) is 0 Å². The predicted octanol–water partition coefficient (Wildman–Crippen LogP) is 2.73. The molecule has 0 saturated carbocycles. The quantitative estimate of drug-likeness (QED) is 0.856. The zero-order valence-corrected chi connectivity index (χ0v) is 11.0. The summed E-state index contributed by atoms with van der Waals surface area (Å²) in [6.07, 6.45) is -3.00. The summed E-state index contributed by atoms with van der Waals surface area (Å²) in [7, 11) is 1.74. The SMILES string of the molecule is Cn1ccsc1=NC(=O)c1ccc(OC(F)(F)F)cc1. The van der Waals surface area contributed by atoms with Crippen LogP contribution in [-0.2, 0) is 7.05 Å². The van der Waals surface area contributed by atoms with Gasteiger partial charge < -0.3 is 9.30 Å². The van der Waals surface area contributed by atoms with Gasteiger partial charge in [-0.1, -0.05) is 0 Å². The van der Waals surface area contributed by atoms with Gasteiger partial charge in [-0.25, -0.2) is 0 Å². The van der Waals surface area contributed by atoms with Crippen molar-refractivity contribution >= 4 is 17.2 Å². The molecule has 4 nitrogen and oxygen atoms in total. The number of carbonyl (C=O) groups is 1. The molecule has 0 N–H and O–H groups in total. The highest BCUT2D eigenvalue weighted by atomic mass is 32.1. The summed E-state index contributed by atoms with van der Waals surface area (Å²) in [5.41, 5.74) is 0.188. The van der Waals surface area contributed by atoms with E-state index < -0.39 is 12.3 Å². The van der Waals surface area contributed by atoms with E-state index in [1.807, 2.05) is 0 Å². The average molecular weight is 302 g/mol. The molecule has 2 aromatic rings. The van der Waals surface area contributed by atoms with Crippen molar-refractivity contribution in [2.24, 2.45) is 12.0 Å². The lowest BCUT2D eigenvalue weighted by Gasteiger charge is -2.08. The molecule has 0 atom stereocenters. The number of ether oxygens (including phenoxy) is 1. The number of nitrogens with zero attached hydrogens (tertiary/aromatic N) is 2. The number of carbonyl (C=O) groups excluding carboxylic acids is 1. The fourth-order valence-corrected chi connectivity index (χ4v) is 2.11. The molecule has 0 fully saturated rings. The van der Waals surface area contributed by atoms with Crippen molar-refractivity contribution in [3.8, 4) is 5.75 Å². The number of aryl methyl sites for hydroxylation is 1. The Balaban J connectivity index is 2.19. The Labute approximate surface area is 115 Å². The minimum Gasteiger partial charge on any atom is -0.406 e. The molecule has 20 heavy (non-hydrogen) atoms. The Bertz CT molecular complexity index is 671. The third kappa shape index (κ3) is 3.70. The Morgan fingerprint density at radius 3 is 2.45 bits per heavy atom. The van der Waals surface area contributed by atoms with Crippen molar-refractivity contribution < 1.29 is 22.7 Å². The van der Waals surface area contributed by atoms with Crippen molar-refractivity contribution in [3.05, 3.63) is 46.2 Å². The number of aromatic nitrogens is 1. The largest absolute Gasteiger partial charge is 0.573 e. The van der Waals surface area contributed by atoms with E-state index in [-0.39, 0.29) is 11.3 Å². The van der Waals surface area contributed by atoms with E-state index in [9.17, 15) is 18.0 Å². The third-order valence-corrected chi connectivity index (χ3v) is 3.14. The molecule has 0 spiro atoms. The first kappa shape index (κ1) is 14.3. The van der Waals surface area contributed by atoms with Gasteiger partial charge in [0.1, 0.15) is 5.75 Å². The van der Waals surface area contributed by atoms with Crippen LogP contribution in [0.25, 0.3) is 0 Å². The van der Waals surface area contributed by atoms with Crippen LogP contribution in [0.5, 0.6) is 5.75 Å². The van der Waals surface area contributed by atoms with Crippen LogP contribution in [-0.4, -0.2) is 16.8 Å². The Morgan fingerprint density at radius 2 is 1.95 bits per heavy atom. The number of thiazole rings is 1. The fraction of sp³-hybridized carbons (Fsp3) is 0.167. The Morgan fingerprint density at radius 1 is 1.30 bits per heavy atom. The molecule has 1 amide bonds. The summed E-state index contributed by atoms with van der Waals surface area (Å²) in [6.45, 7) is 0. The molecule has 0 aliphatic carbocycles. The van der Waals surface area contributed by atoms with Crippen LogP contribution >= 0.6 is 11.3 Å². The molecule has 0 radical (unpaired) electrons. The maximum absolute atomic E-state index is 12.0. The highest BCUT2D eigenvalue weighted by Crippen LogP contribution is 2.22. The minimum absolute atomic E-state index is 0.188. The van der Waals surface area contributed by atoms with E-state index in [1.165, 1.54) is 23.5 Å². The second kappa shape index (κ2) is 5.49. The molecular formula is C12H9F3N2O2S. The molecule has 2 rings (SSSR count). The summed E-state index contributed by atoms with van der Waals surface area (Å²) in [6, 6.07) is 4.62. The van der Waals surface area contributed by atoms with Crippen molar-refractivity contribution in [1.29, 1.82) is 0 Å². The monoisotopic (exact) mass is 302 g/mol. The van der Waals surface area contributed by atoms with Crippen LogP contribution in [0.2, 0.25) is 0 Å². The van der Waals surface area contributed by atoms with Crippen molar-refractivity contribution in [2.45, 2.75) is 6.36 Å². The van der Waals surface area contributed by atoms with E-state index in [0.29, 0.717) is 4.80 Å². The van der Waals surface area contributed by atoms with Gasteiger partial charge in [-0.05, 0) is 24.3 Å². The van der Waals surface area contributed by atoms with E-state index in [0.717, 1.165) is 12.1 Å². The van der Waals surface area contributed by atoms with Gasteiger partial charge in [-0.3, -0.25) is 4.79 Å². The normalized spacial score (nSPS) is 12.5. The van der Waals surface area contributed by atoms with Crippen LogP contribution in [0.15, 0.2) is 40.8 Å². The lowest BCUT2D eigenvalue weighted by molar-refractivity contribution is -0.274. The molecular weight excluding hydrogens is 293 g/mol. The second-order valence-corrected chi connectivity index (χ2v) is 4.66. The second-order valence-electron chi connectivity index (χ2n) is 3.79. The van der Waals surface area contributed by atoms with Crippen molar-refractivity contribution in [2.75, 3.05) is 0 Å². The molecule has 0 bridgehead atoms. The molecule has 8 heteroatoms. The number of halogens is 3. The van der Waals surface area contributed by atoms with Crippen LogP contribution in [0.1, 0.15) is 10.4 Å². The van der Waals surface area contributed by atoms with Gasteiger partial charge in [0, 0.05) is 24.2 Å². The lowest BCUT2D eigenvalue weighted by atomic mass is 10.2. The number of hydrogen-bond acceptors (Lipinski definition) is 3. The Hall–Kier alpha value is -2.09. The Kier molecular flexibility index (Phi) is 3.93. The summed E-state index contributed by atoms with van der Waals surface area (Å²) in [5, 5.41) is 1.77. The van der Waals surface area contributed by atoms with Crippen LogP contribution in [0.3, 0.4) is 0 Å². The maximum Gasteiger partial charge on any atom is 0.573 e. The molecule has 106 valence electrons. The minimum atomic E-state index is -4.75. The molecule has 1 heterocycles. The summed E-state index contributed by atoms with van der Waals surface area (Å²) in [5.74, 6) is -0.905. The van der Waals surface area contributed by atoms with Crippen LogP contribution in [0.4, 0.5) is 13.2 Å². The van der Waals surface area contributed by atoms with E-state index in [1.54, 1.807) is 23.2 Å². The topological polar surface area (TPSA) is 43.6 Å². The molecule has 1 aromatic carbocycles. The van der Waals surface area contributed by atoms with Gasteiger partial charge in [0.15, 0.2) is 4.80 Å². The van der Waals surface area contributed by atoms with Crippen molar-refractivity contribution in [3.63, 3.8) is 0 Å². The van der Waals surface area contributed by atoms with E-state index in [2.05, 4.69) is 9.73 Å². The number of alkyl halides is 3. The van der Waals surface area contributed by atoms with Crippen molar-refractivity contribution in [1.82, 2.24) is 4.57 Å². The first-order valence-electron chi connectivity index (χ1n) is 5.40. The summed E-state index contributed by atoms with van der Waals surface area (Å²) >= 11 is 1.29. The number of benzene rings is 1. The zero-order valence-electron chi connectivity index (χ0n) is 10.2. The zero-order chi connectivity index (χ0) is 14.8. The molecule has 0 saturated heterocycles. The van der Waals surface area contributed by atoms with Gasteiger partial charge >= 0.3 is 6.36 Å². The number of rotatable bonds is 2. The highest BCUT2D eigenvalue weighted by molar-refractivity contribution is 7.07. The highest BCUT2D eigenvalue weighted by Gasteiger charge is 2.31. The standard InChI is InChI=1S/C12H9F3N2O2S/c1-17-6-7-20-11(17)16-10(18)8-2-4-9(5-3-8)19-12(13,14)15/h2-7H,1H3. The molecule has 1 aromatic heterocycles. The first-order chi connectivity index (χ1) is 9.35. The average Bonchev–Trinajstić information content (AvgIpc) is 2.74. The molecule has 0 unspecified atom stereocenters. The number of hydrogen-bond donors (Lipinski definition) is 0.